The van der Waals surface area contributed by atoms with Crippen molar-refractivity contribution in [3.8, 4) is 0 Å². The molecule has 0 bridgehead atoms. The summed E-state index contributed by atoms with van der Waals surface area (Å²) in [5.74, 6) is -0.119. The molecule has 0 N–H and O–H groups in total. The largest absolute Gasteiger partial charge is 0.294 e. The average Bonchev–Trinajstić information content (AvgIpc) is 2.37. The summed E-state index contributed by atoms with van der Waals surface area (Å²) in [6.45, 7) is -0.00392. The monoisotopic (exact) mass is 148 g/mol. The third-order valence-corrected chi connectivity index (χ3v) is 1.43. The molecule has 1 heterocycles. The number of halogens is 2. The Morgan fingerprint density at radius 3 is 2.90 bits per heavy atom. The van der Waals surface area contributed by atoms with E-state index in [1.54, 1.807) is 5.01 Å². The number of hydrogen-bond donors (Lipinski definition) is 0. The van der Waals surface area contributed by atoms with Crippen LogP contribution in [0.4, 0.5) is 8.78 Å². The van der Waals surface area contributed by atoms with Crippen molar-refractivity contribution in [2.75, 3.05) is 26.4 Å². The lowest BCUT2D eigenvalue weighted by atomic mass is 10.2. The van der Waals surface area contributed by atoms with Gasteiger partial charge in [-0.1, -0.05) is 0 Å². The Morgan fingerprint density at radius 2 is 2.40 bits per heavy atom. The predicted molar refractivity (Wildman–Crippen MR) is 35.5 cm³/mol. The molecule has 1 aliphatic rings. The maximum atomic E-state index is 11.9. The number of hydrazone groups is 1. The molecule has 0 aromatic heterocycles. The Bertz CT molecular complexity index is 127. The average molecular weight is 148 g/mol. The standard InChI is InChI=1S/C6H10F2N2/c7-1-2-10-5-6(3-8)4-9-10/h4,6H,1-3,5H2. The topological polar surface area (TPSA) is 15.6 Å². The van der Waals surface area contributed by atoms with E-state index in [0.717, 1.165) is 0 Å². The SMILES string of the molecule is FCCN1CC(CF)C=N1. The maximum absolute atomic E-state index is 11.9. The zero-order chi connectivity index (χ0) is 7.40. The molecule has 0 radical (unpaired) electrons. The molecular formula is C6H10F2N2. The Hall–Kier alpha value is -0.670. The summed E-state index contributed by atoms with van der Waals surface area (Å²) in [4.78, 5) is 0. The van der Waals surface area contributed by atoms with Gasteiger partial charge in [-0.05, 0) is 0 Å². The van der Waals surface area contributed by atoms with Crippen molar-refractivity contribution in [3.63, 3.8) is 0 Å². The minimum Gasteiger partial charge on any atom is -0.294 e. The lowest BCUT2D eigenvalue weighted by Crippen LogP contribution is -2.21. The molecule has 0 saturated carbocycles. The van der Waals surface area contributed by atoms with Crippen molar-refractivity contribution >= 4 is 6.21 Å². The summed E-state index contributed by atoms with van der Waals surface area (Å²) in [5.41, 5.74) is 0. The molecule has 0 aromatic rings. The van der Waals surface area contributed by atoms with Crippen molar-refractivity contribution in [2.24, 2.45) is 11.0 Å². The highest BCUT2D eigenvalue weighted by Gasteiger charge is 2.16. The quantitative estimate of drug-likeness (QED) is 0.579. The molecule has 0 amide bonds. The second kappa shape index (κ2) is 3.49. The van der Waals surface area contributed by atoms with Crippen molar-refractivity contribution in [3.05, 3.63) is 0 Å². The van der Waals surface area contributed by atoms with E-state index < -0.39 is 13.3 Å². The van der Waals surface area contributed by atoms with Crippen molar-refractivity contribution in [1.29, 1.82) is 0 Å². The Balaban J connectivity index is 2.24. The van der Waals surface area contributed by atoms with E-state index in [1.807, 2.05) is 0 Å². The van der Waals surface area contributed by atoms with Crippen LogP contribution >= 0.6 is 0 Å². The highest BCUT2D eigenvalue weighted by Crippen LogP contribution is 2.07. The molecule has 0 saturated heterocycles. The first-order valence-electron chi connectivity index (χ1n) is 3.28. The first kappa shape index (κ1) is 7.44. The van der Waals surface area contributed by atoms with E-state index in [9.17, 15) is 8.78 Å². The molecule has 58 valence electrons. The Morgan fingerprint density at radius 1 is 1.60 bits per heavy atom. The van der Waals surface area contributed by atoms with Gasteiger partial charge >= 0.3 is 0 Å². The molecule has 1 aliphatic heterocycles. The molecule has 1 unspecified atom stereocenters. The molecular weight excluding hydrogens is 138 g/mol. The number of hydrogen-bond acceptors (Lipinski definition) is 2. The highest BCUT2D eigenvalue weighted by molar-refractivity contribution is 5.62. The van der Waals surface area contributed by atoms with E-state index in [4.69, 9.17) is 0 Å². The number of rotatable bonds is 3. The van der Waals surface area contributed by atoms with Crippen LogP contribution in [0.25, 0.3) is 0 Å². The van der Waals surface area contributed by atoms with E-state index >= 15 is 0 Å². The summed E-state index contributed by atoms with van der Waals surface area (Å²) in [6.07, 6.45) is 1.54. The van der Waals surface area contributed by atoms with Crippen LogP contribution in [-0.2, 0) is 0 Å². The van der Waals surface area contributed by atoms with Gasteiger partial charge in [0.2, 0.25) is 0 Å². The maximum Gasteiger partial charge on any atom is 0.109 e. The van der Waals surface area contributed by atoms with Gasteiger partial charge in [-0.25, -0.2) is 4.39 Å². The van der Waals surface area contributed by atoms with Crippen LogP contribution in [0.5, 0.6) is 0 Å². The summed E-state index contributed by atoms with van der Waals surface area (Å²) in [5, 5.41) is 5.35. The van der Waals surface area contributed by atoms with Gasteiger partial charge in [-0.3, -0.25) is 9.40 Å². The van der Waals surface area contributed by atoms with Crippen LogP contribution in [0.2, 0.25) is 0 Å². The van der Waals surface area contributed by atoms with Gasteiger partial charge in [0, 0.05) is 18.7 Å². The van der Waals surface area contributed by atoms with Crippen LogP contribution in [0.3, 0.4) is 0 Å². The molecule has 10 heavy (non-hydrogen) atoms. The summed E-state index contributed by atoms with van der Waals surface area (Å²) in [6, 6.07) is 0. The van der Waals surface area contributed by atoms with E-state index in [1.165, 1.54) is 6.21 Å². The van der Waals surface area contributed by atoms with Gasteiger partial charge in [0.25, 0.3) is 0 Å². The predicted octanol–water partition coefficient (Wildman–Crippen LogP) is 0.843. The highest BCUT2D eigenvalue weighted by atomic mass is 19.1. The summed E-state index contributed by atoms with van der Waals surface area (Å²) in [7, 11) is 0. The van der Waals surface area contributed by atoms with Gasteiger partial charge in [0.15, 0.2) is 0 Å². The molecule has 2 nitrogen and oxygen atoms in total. The second-order valence-electron chi connectivity index (χ2n) is 2.28. The van der Waals surface area contributed by atoms with Crippen LogP contribution in [0, 0.1) is 5.92 Å². The normalized spacial score (nSPS) is 24.2. The van der Waals surface area contributed by atoms with Gasteiger partial charge in [-0.15, -0.1) is 0 Å². The van der Waals surface area contributed by atoms with E-state index in [0.29, 0.717) is 6.54 Å². The number of alkyl halides is 2. The fourth-order valence-electron chi connectivity index (χ4n) is 0.889. The van der Waals surface area contributed by atoms with Crippen LogP contribution in [0.1, 0.15) is 0 Å². The number of nitrogens with zero attached hydrogens (tertiary/aromatic N) is 2. The zero-order valence-corrected chi connectivity index (χ0v) is 5.63. The van der Waals surface area contributed by atoms with Gasteiger partial charge in [-0.2, -0.15) is 5.10 Å². The van der Waals surface area contributed by atoms with Crippen LogP contribution in [-0.4, -0.2) is 37.7 Å². The van der Waals surface area contributed by atoms with Crippen molar-refractivity contribution in [2.45, 2.75) is 0 Å². The molecule has 0 spiro atoms. The molecule has 4 heteroatoms. The van der Waals surface area contributed by atoms with Crippen molar-refractivity contribution < 1.29 is 8.78 Å². The molecule has 0 fully saturated rings. The van der Waals surface area contributed by atoms with Crippen LogP contribution in [0.15, 0.2) is 5.10 Å². The molecule has 0 aliphatic carbocycles. The Kier molecular flexibility index (Phi) is 2.59. The lowest BCUT2D eigenvalue weighted by molar-refractivity contribution is 0.253. The first-order chi connectivity index (χ1) is 4.86. The second-order valence-corrected chi connectivity index (χ2v) is 2.28. The fraction of sp³-hybridized carbons (Fsp3) is 0.833. The van der Waals surface area contributed by atoms with Crippen molar-refractivity contribution in [1.82, 2.24) is 5.01 Å². The summed E-state index contributed by atoms with van der Waals surface area (Å²) >= 11 is 0. The Labute approximate surface area is 58.5 Å². The molecule has 1 rings (SSSR count). The molecule has 0 aromatic carbocycles. The van der Waals surface area contributed by atoms with E-state index in [-0.39, 0.29) is 12.5 Å². The van der Waals surface area contributed by atoms with Gasteiger partial charge < -0.3 is 0 Å². The van der Waals surface area contributed by atoms with Gasteiger partial charge in [0.05, 0.1) is 13.2 Å². The van der Waals surface area contributed by atoms with Crippen LogP contribution < -0.4 is 0 Å². The fourth-order valence-corrected chi connectivity index (χ4v) is 0.889. The minimum absolute atomic E-state index is 0.119. The third-order valence-electron chi connectivity index (χ3n) is 1.43. The first-order valence-corrected chi connectivity index (χ1v) is 3.28. The minimum atomic E-state index is -0.420. The smallest absolute Gasteiger partial charge is 0.109 e. The summed E-state index contributed by atoms with van der Waals surface area (Å²) < 4.78 is 23.6. The third kappa shape index (κ3) is 1.65. The molecule has 1 atom stereocenters. The van der Waals surface area contributed by atoms with Gasteiger partial charge in [0.1, 0.15) is 6.67 Å². The lowest BCUT2D eigenvalue weighted by Gasteiger charge is -2.11. The zero-order valence-electron chi connectivity index (χ0n) is 5.63. The van der Waals surface area contributed by atoms with E-state index in [2.05, 4.69) is 5.10 Å².